The van der Waals surface area contributed by atoms with Gasteiger partial charge >= 0.3 is 0 Å². The van der Waals surface area contributed by atoms with E-state index in [1.54, 1.807) is 43.5 Å². The summed E-state index contributed by atoms with van der Waals surface area (Å²) in [5.41, 5.74) is 2.97. The smallest absolute Gasteiger partial charge is 0.205 e. The molecular formula is C21H22N2O3. The highest BCUT2D eigenvalue weighted by molar-refractivity contribution is 6.15. The molecule has 2 aromatic rings. The topological polar surface area (TPSA) is 64.2 Å². The number of ketones is 1. The Morgan fingerprint density at radius 2 is 2.00 bits per heavy atom. The second kappa shape index (κ2) is 8.21. The molecule has 0 aliphatic rings. The van der Waals surface area contributed by atoms with Gasteiger partial charge in [-0.2, -0.15) is 5.26 Å². The summed E-state index contributed by atoms with van der Waals surface area (Å²) in [4.78, 5) is 12.9. The minimum Gasteiger partial charge on any atom is -0.497 e. The minimum atomic E-state index is -0.311. The molecule has 0 N–H and O–H groups in total. The summed E-state index contributed by atoms with van der Waals surface area (Å²) in [6.45, 7) is 8.15. The van der Waals surface area contributed by atoms with E-state index in [1.807, 2.05) is 24.5 Å². The van der Waals surface area contributed by atoms with Crippen molar-refractivity contribution in [2.75, 3.05) is 14.2 Å². The van der Waals surface area contributed by atoms with Crippen molar-refractivity contribution in [1.29, 1.82) is 5.26 Å². The molecule has 0 saturated carbocycles. The normalized spacial score (nSPS) is 11.0. The largest absolute Gasteiger partial charge is 0.497 e. The van der Waals surface area contributed by atoms with Gasteiger partial charge in [-0.1, -0.05) is 6.08 Å². The zero-order valence-electron chi connectivity index (χ0n) is 15.5. The lowest BCUT2D eigenvalue weighted by atomic mass is 10.0. The molecular weight excluding hydrogens is 328 g/mol. The van der Waals surface area contributed by atoms with Crippen molar-refractivity contribution >= 4 is 11.9 Å². The first-order chi connectivity index (χ1) is 12.5. The SMILES string of the molecule is C=CCn1c(C)cc(C(=O)/C(C#N)=C/c2ccc(OC)cc2OC)c1C. The predicted molar refractivity (Wildman–Crippen MR) is 102 cm³/mol. The summed E-state index contributed by atoms with van der Waals surface area (Å²) < 4.78 is 12.5. The van der Waals surface area contributed by atoms with Crippen LogP contribution in [0.3, 0.4) is 0 Å². The van der Waals surface area contributed by atoms with E-state index < -0.39 is 0 Å². The summed E-state index contributed by atoms with van der Waals surface area (Å²) in [6, 6.07) is 9.03. The standard InChI is InChI=1S/C21H22N2O3/c1-6-9-23-14(2)10-19(15(23)3)21(24)17(13-22)11-16-7-8-18(25-4)12-20(16)26-5/h6-8,10-12H,1,9H2,2-5H3/b17-11+. The molecule has 26 heavy (non-hydrogen) atoms. The van der Waals surface area contributed by atoms with Crippen molar-refractivity contribution < 1.29 is 14.3 Å². The average Bonchev–Trinajstić information content (AvgIpc) is 2.94. The van der Waals surface area contributed by atoms with E-state index in [0.29, 0.717) is 29.2 Å². The maximum atomic E-state index is 12.9. The van der Waals surface area contributed by atoms with Gasteiger partial charge in [0.25, 0.3) is 0 Å². The molecule has 0 aliphatic heterocycles. The predicted octanol–water partition coefficient (Wildman–Crippen LogP) is 4.10. The fraction of sp³-hybridized carbons (Fsp3) is 0.238. The number of nitrogens with zero attached hydrogens (tertiary/aromatic N) is 2. The number of rotatable bonds is 7. The van der Waals surface area contributed by atoms with Gasteiger partial charge in [0.15, 0.2) is 0 Å². The van der Waals surface area contributed by atoms with Gasteiger partial charge in [0.2, 0.25) is 5.78 Å². The fourth-order valence-electron chi connectivity index (χ4n) is 2.83. The monoisotopic (exact) mass is 350 g/mol. The van der Waals surface area contributed by atoms with E-state index in [2.05, 4.69) is 6.58 Å². The Balaban J connectivity index is 2.48. The van der Waals surface area contributed by atoms with Crippen LogP contribution < -0.4 is 9.47 Å². The molecule has 0 atom stereocenters. The van der Waals surface area contributed by atoms with Crippen LogP contribution in [0.5, 0.6) is 11.5 Å². The van der Waals surface area contributed by atoms with Crippen LogP contribution in [0.4, 0.5) is 0 Å². The molecule has 0 bridgehead atoms. The minimum absolute atomic E-state index is 0.0484. The fourth-order valence-corrected chi connectivity index (χ4v) is 2.83. The Bertz CT molecular complexity index is 914. The summed E-state index contributed by atoms with van der Waals surface area (Å²) in [5, 5.41) is 9.53. The Labute approximate surface area is 153 Å². The molecule has 0 spiro atoms. The molecule has 5 heteroatoms. The summed E-state index contributed by atoms with van der Waals surface area (Å²) >= 11 is 0. The van der Waals surface area contributed by atoms with Gasteiger partial charge in [0, 0.05) is 35.1 Å². The lowest BCUT2D eigenvalue weighted by Crippen LogP contribution is -2.06. The molecule has 0 saturated heterocycles. The highest BCUT2D eigenvalue weighted by atomic mass is 16.5. The van der Waals surface area contributed by atoms with Crippen molar-refractivity contribution in [3.05, 3.63) is 65.0 Å². The van der Waals surface area contributed by atoms with Gasteiger partial charge in [-0.15, -0.1) is 6.58 Å². The van der Waals surface area contributed by atoms with Gasteiger partial charge in [-0.3, -0.25) is 4.79 Å². The van der Waals surface area contributed by atoms with Crippen LogP contribution >= 0.6 is 0 Å². The molecule has 0 unspecified atom stereocenters. The first kappa shape index (κ1) is 19.1. The van der Waals surface area contributed by atoms with Crippen LogP contribution in [0.1, 0.15) is 27.3 Å². The number of hydrogen-bond acceptors (Lipinski definition) is 4. The number of benzene rings is 1. The van der Waals surface area contributed by atoms with E-state index in [0.717, 1.165) is 11.4 Å². The van der Waals surface area contributed by atoms with Gasteiger partial charge in [-0.05, 0) is 38.1 Å². The quantitative estimate of drug-likeness (QED) is 0.326. The first-order valence-electron chi connectivity index (χ1n) is 8.13. The molecule has 1 aromatic carbocycles. The highest BCUT2D eigenvalue weighted by Crippen LogP contribution is 2.27. The molecule has 0 amide bonds. The number of ether oxygens (including phenoxy) is 2. The number of carbonyl (C=O) groups excluding carboxylic acids is 1. The molecule has 134 valence electrons. The van der Waals surface area contributed by atoms with E-state index in [-0.39, 0.29) is 11.4 Å². The average molecular weight is 350 g/mol. The Kier molecular flexibility index (Phi) is 6.03. The second-order valence-corrected chi connectivity index (χ2v) is 5.79. The maximum Gasteiger partial charge on any atom is 0.205 e. The van der Waals surface area contributed by atoms with Crippen LogP contribution in [0.25, 0.3) is 6.08 Å². The molecule has 0 fully saturated rings. The molecule has 1 aromatic heterocycles. The summed E-state index contributed by atoms with van der Waals surface area (Å²) in [5.74, 6) is 0.854. The molecule has 5 nitrogen and oxygen atoms in total. The highest BCUT2D eigenvalue weighted by Gasteiger charge is 2.19. The third kappa shape index (κ3) is 3.70. The number of aryl methyl sites for hydroxylation is 1. The van der Waals surface area contributed by atoms with Crippen LogP contribution in [0.2, 0.25) is 0 Å². The first-order valence-corrected chi connectivity index (χ1v) is 8.13. The molecule has 0 radical (unpaired) electrons. The van der Waals surface area contributed by atoms with Crippen LogP contribution in [-0.2, 0) is 6.54 Å². The number of carbonyl (C=O) groups is 1. The third-order valence-electron chi connectivity index (χ3n) is 4.24. The number of allylic oxidation sites excluding steroid dienone is 2. The van der Waals surface area contributed by atoms with E-state index in [9.17, 15) is 10.1 Å². The van der Waals surface area contributed by atoms with E-state index in [1.165, 1.54) is 7.11 Å². The zero-order valence-corrected chi connectivity index (χ0v) is 15.5. The van der Waals surface area contributed by atoms with E-state index in [4.69, 9.17) is 9.47 Å². The maximum absolute atomic E-state index is 12.9. The third-order valence-corrected chi connectivity index (χ3v) is 4.24. The van der Waals surface area contributed by atoms with Crippen LogP contribution in [0.15, 0.2) is 42.5 Å². The second-order valence-electron chi connectivity index (χ2n) is 5.79. The number of Topliss-reactive ketones (excluding diaryl/α,β-unsaturated/α-hetero) is 1. The summed E-state index contributed by atoms with van der Waals surface area (Å²) in [7, 11) is 3.09. The van der Waals surface area contributed by atoms with Gasteiger partial charge < -0.3 is 14.0 Å². The molecule has 0 aliphatic carbocycles. The van der Waals surface area contributed by atoms with Crippen molar-refractivity contribution in [2.45, 2.75) is 20.4 Å². The van der Waals surface area contributed by atoms with Gasteiger partial charge in [0.05, 0.1) is 14.2 Å². The van der Waals surface area contributed by atoms with Crippen LogP contribution in [-0.4, -0.2) is 24.6 Å². The molecule has 1 heterocycles. The summed E-state index contributed by atoms with van der Waals surface area (Å²) in [6.07, 6.45) is 3.32. The number of methoxy groups -OCH3 is 2. The van der Waals surface area contributed by atoms with E-state index >= 15 is 0 Å². The molecule has 2 rings (SSSR count). The van der Waals surface area contributed by atoms with Gasteiger partial charge in [-0.25, -0.2) is 0 Å². The van der Waals surface area contributed by atoms with Crippen LogP contribution in [0, 0.1) is 25.2 Å². The number of hydrogen-bond donors (Lipinski definition) is 0. The Morgan fingerprint density at radius 3 is 2.58 bits per heavy atom. The van der Waals surface area contributed by atoms with Gasteiger partial charge in [0.1, 0.15) is 23.1 Å². The van der Waals surface area contributed by atoms with Crippen molar-refractivity contribution in [3.63, 3.8) is 0 Å². The lowest BCUT2D eigenvalue weighted by molar-refractivity contribution is 0.103. The lowest BCUT2D eigenvalue weighted by Gasteiger charge is -2.08. The number of aromatic nitrogens is 1. The Hall–Kier alpha value is -3.26. The Morgan fingerprint density at radius 1 is 1.27 bits per heavy atom. The van der Waals surface area contributed by atoms with Crippen molar-refractivity contribution in [3.8, 4) is 17.6 Å². The zero-order chi connectivity index (χ0) is 19.3. The van der Waals surface area contributed by atoms with Crippen molar-refractivity contribution in [2.24, 2.45) is 0 Å². The van der Waals surface area contributed by atoms with Crippen molar-refractivity contribution in [1.82, 2.24) is 4.57 Å². The number of nitriles is 1.